The van der Waals surface area contributed by atoms with Gasteiger partial charge in [-0.15, -0.1) is 0 Å². The normalized spacial score (nSPS) is 14.2. The van der Waals surface area contributed by atoms with Crippen molar-refractivity contribution < 1.29 is 9.47 Å². The first-order valence-corrected chi connectivity index (χ1v) is 7.49. The Hall–Kier alpha value is -0.900. The Balaban J connectivity index is 2.72. The van der Waals surface area contributed by atoms with E-state index in [1.165, 1.54) is 16.7 Å². The summed E-state index contributed by atoms with van der Waals surface area (Å²) in [5, 5.41) is 3.58. The maximum absolute atomic E-state index is 5.89. The van der Waals surface area contributed by atoms with Crippen LogP contribution in [0.15, 0.2) is 18.2 Å². The minimum absolute atomic E-state index is 0.122. The van der Waals surface area contributed by atoms with Crippen LogP contribution in [-0.4, -0.2) is 33.0 Å². The number of ether oxygens (including phenoxy) is 2. The van der Waals surface area contributed by atoms with E-state index < -0.39 is 0 Å². The molecule has 3 heteroatoms. The zero-order valence-corrected chi connectivity index (χ0v) is 13.5. The fourth-order valence-electron chi connectivity index (χ4n) is 2.34. The summed E-state index contributed by atoms with van der Waals surface area (Å²) in [7, 11) is 1.71. The van der Waals surface area contributed by atoms with Gasteiger partial charge in [0.2, 0.25) is 0 Å². The Morgan fingerprint density at radius 2 is 1.95 bits per heavy atom. The number of aryl methyl sites for hydroxylation is 2. The van der Waals surface area contributed by atoms with Crippen LogP contribution in [0.4, 0.5) is 0 Å². The lowest BCUT2D eigenvalue weighted by molar-refractivity contribution is -0.000588. The quantitative estimate of drug-likeness (QED) is 0.751. The number of methoxy groups -OCH3 is 1. The van der Waals surface area contributed by atoms with Gasteiger partial charge in [0.05, 0.1) is 25.4 Å². The molecule has 0 amide bonds. The van der Waals surface area contributed by atoms with Gasteiger partial charge in [-0.3, -0.25) is 0 Å². The molecule has 0 aliphatic heterocycles. The smallest absolute Gasteiger partial charge is 0.0781 e. The third kappa shape index (κ3) is 5.61. The summed E-state index contributed by atoms with van der Waals surface area (Å²) >= 11 is 0. The largest absolute Gasteiger partial charge is 0.382 e. The molecule has 0 fully saturated rings. The van der Waals surface area contributed by atoms with Crippen LogP contribution < -0.4 is 5.32 Å². The molecule has 2 atom stereocenters. The van der Waals surface area contributed by atoms with Crippen molar-refractivity contribution in [2.45, 2.75) is 46.3 Å². The van der Waals surface area contributed by atoms with Crippen LogP contribution >= 0.6 is 0 Å². The standard InChI is InChI=1S/C17H29NO2/c1-6-9-18-17(12-20-15(4)11-19-5)16-8-7-13(2)10-14(16)3/h7-8,10,15,17-18H,6,9,11-12H2,1-5H3. The van der Waals surface area contributed by atoms with Crippen molar-refractivity contribution in [1.29, 1.82) is 0 Å². The van der Waals surface area contributed by atoms with E-state index in [4.69, 9.17) is 9.47 Å². The Morgan fingerprint density at radius 1 is 1.20 bits per heavy atom. The van der Waals surface area contributed by atoms with E-state index in [0.29, 0.717) is 13.2 Å². The van der Waals surface area contributed by atoms with Crippen LogP contribution in [0.1, 0.15) is 43.0 Å². The highest BCUT2D eigenvalue weighted by molar-refractivity contribution is 5.32. The topological polar surface area (TPSA) is 30.5 Å². The van der Waals surface area contributed by atoms with E-state index in [0.717, 1.165) is 13.0 Å². The number of rotatable bonds is 9. The molecule has 114 valence electrons. The summed E-state index contributed by atoms with van der Waals surface area (Å²) in [4.78, 5) is 0. The molecule has 0 saturated heterocycles. The van der Waals surface area contributed by atoms with Gasteiger partial charge < -0.3 is 14.8 Å². The highest BCUT2D eigenvalue weighted by Gasteiger charge is 2.15. The van der Waals surface area contributed by atoms with Crippen LogP contribution in [0.25, 0.3) is 0 Å². The van der Waals surface area contributed by atoms with Crippen molar-refractivity contribution in [2.24, 2.45) is 0 Å². The third-order valence-corrected chi connectivity index (χ3v) is 3.39. The number of benzene rings is 1. The van der Waals surface area contributed by atoms with E-state index in [2.05, 4.69) is 44.3 Å². The fraction of sp³-hybridized carbons (Fsp3) is 0.647. The third-order valence-electron chi connectivity index (χ3n) is 3.39. The zero-order valence-electron chi connectivity index (χ0n) is 13.5. The van der Waals surface area contributed by atoms with Gasteiger partial charge >= 0.3 is 0 Å². The van der Waals surface area contributed by atoms with E-state index >= 15 is 0 Å². The summed E-state index contributed by atoms with van der Waals surface area (Å²) in [5.74, 6) is 0. The van der Waals surface area contributed by atoms with E-state index in [9.17, 15) is 0 Å². The second-order valence-corrected chi connectivity index (χ2v) is 5.47. The molecule has 0 aliphatic carbocycles. The van der Waals surface area contributed by atoms with Crippen LogP contribution in [0.2, 0.25) is 0 Å². The summed E-state index contributed by atoms with van der Waals surface area (Å²) in [6.07, 6.45) is 1.24. The van der Waals surface area contributed by atoms with Crippen molar-refractivity contribution in [3.63, 3.8) is 0 Å². The van der Waals surface area contributed by atoms with Gasteiger partial charge in [0.15, 0.2) is 0 Å². The first-order chi connectivity index (χ1) is 9.58. The highest BCUT2D eigenvalue weighted by Crippen LogP contribution is 2.20. The zero-order chi connectivity index (χ0) is 15.0. The van der Waals surface area contributed by atoms with E-state index in [1.807, 2.05) is 6.92 Å². The Morgan fingerprint density at radius 3 is 2.55 bits per heavy atom. The van der Waals surface area contributed by atoms with Crippen LogP contribution in [0, 0.1) is 13.8 Å². The highest BCUT2D eigenvalue weighted by atomic mass is 16.5. The molecular formula is C17H29NO2. The number of nitrogens with one attached hydrogen (secondary N) is 1. The molecule has 0 saturated carbocycles. The van der Waals surface area contributed by atoms with Crippen LogP contribution in [-0.2, 0) is 9.47 Å². The second kappa shape index (κ2) is 9.11. The van der Waals surface area contributed by atoms with Crippen molar-refractivity contribution in [1.82, 2.24) is 5.32 Å². The predicted molar refractivity (Wildman–Crippen MR) is 84.2 cm³/mol. The monoisotopic (exact) mass is 279 g/mol. The average Bonchev–Trinajstić information content (AvgIpc) is 2.40. The Labute approximate surface area is 123 Å². The molecule has 0 bridgehead atoms. The lowest BCUT2D eigenvalue weighted by Crippen LogP contribution is -2.29. The predicted octanol–water partition coefficient (Wildman–Crippen LogP) is 3.40. The molecule has 0 spiro atoms. The van der Waals surface area contributed by atoms with Crippen molar-refractivity contribution >= 4 is 0 Å². The maximum Gasteiger partial charge on any atom is 0.0781 e. The molecule has 1 rings (SSSR count). The molecule has 0 aromatic heterocycles. The van der Waals surface area contributed by atoms with Gasteiger partial charge in [0.25, 0.3) is 0 Å². The molecule has 20 heavy (non-hydrogen) atoms. The SMILES string of the molecule is CCCNC(COC(C)COC)c1ccc(C)cc1C. The molecule has 2 unspecified atom stereocenters. The first-order valence-electron chi connectivity index (χ1n) is 7.49. The van der Waals surface area contributed by atoms with Crippen molar-refractivity contribution in [2.75, 3.05) is 26.9 Å². The Bertz CT molecular complexity index is 393. The molecular weight excluding hydrogens is 250 g/mol. The van der Waals surface area contributed by atoms with Gasteiger partial charge in [0, 0.05) is 7.11 Å². The lowest BCUT2D eigenvalue weighted by atomic mass is 9.99. The Kier molecular flexibility index (Phi) is 7.82. The van der Waals surface area contributed by atoms with E-state index in [1.54, 1.807) is 7.11 Å². The van der Waals surface area contributed by atoms with E-state index in [-0.39, 0.29) is 12.1 Å². The molecule has 0 aliphatic rings. The molecule has 3 nitrogen and oxygen atoms in total. The first kappa shape index (κ1) is 17.2. The number of hydrogen-bond acceptors (Lipinski definition) is 3. The molecule has 0 radical (unpaired) electrons. The minimum Gasteiger partial charge on any atom is -0.382 e. The average molecular weight is 279 g/mol. The summed E-state index contributed by atoms with van der Waals surface area (Å²) in [6.45, 7) is 10.8. The second-order valence-electron chi connectivity index (χ2n) is 5.47. The van der Waals surface area contributed by atoms with Gasteiger partial charge in [-0.25, -0.2) is 0 Å². The van der Waals surface area contributed by atoms with Crippen LogP contribution in [0.5, 0.6) is 0 Å². The van der Waals surface area contributed by atoms with Gasteiger partial charge in [-0.1, -0.05) is 30.7 Å². The maximum atomic E-state index is 5.89. The van der Waals surface area contributed by atoms with Gasteiger partial charge in [-0.05, 0) is 44.9 Å². The lowest BCUT2D eigenvalue weighted by Gasteiger charge is -2.23. The van der Waals surface area contributed by atoms with Crippen LogP contribution in [0.3, 0.4) is 0 Å². The molecule has 1 aromatic carbocycles. The fourth-order valence-corrected chi connectivity index (χ4v) is 2.34. The summed E-state index contributed by atoms with van der Waals surface area (Å²) < 4.78 is 11.0. The summed E-state index contributed by atoms with van der Waals surface area (Å²) in [6, 6.07) is 6.85. The molecule has 0 heterocycles. The van der Waals surface area contributed by atoms with Crippen molar-refractivity contribution in [3.05, 3.63) is 34.9 Å². The molecule has 1 N–H and O–H groups in total. The summed E-state index contributed by atoms with van der Waals surface area (Å²) in [5.41, 5.74) is 3.95. The van der Waals surface area contributed by atoms with Gasteiger partial charge in [0.1, 0.15) is 0 Å². The minimum atomic E-state index is 0.122. The molecule has 1 aromatic rings. The van der Waals surface area contributed by atoms with Gasteiger partial charge in [-0.2, -0.15) is 0 Å². The van der Waals surface area contributed by atoms with Crippen molar-refractivity contribution in [3.8, 4) is 0 Å². The number of hydrogen-bond donors (Lipinski definition) is 1.